The second kappa shape index (κ2) is 6.69. The molecule has 2 rings (SSSR count). The second-order valence-corrected chi connectivity index (χ2v) is 9.27. The van der Waals surface area contributed by atoms with Gasteiger partial charge in [0.1, 0.15) is 0 Å². The number of benzene rings is 2. The number of alkyl halides is 1. The van der Waals surface area contributed by atoms with E-state index in [1.807, 2.05) is 0 Å². The van der Waals surface area contributed by atoms with Crippen LogP contribution in [0, 0.1) is 0 Å². The third-order valence-corrected chi connectivity index (χ3v) is 4.80. The maximum atomic E-state index is 6.64. The van der Waals surface area contributed by atoms with Crippen LogP contribution in [-0.2, 0) is 10.8 Å². The minimum absolute atomic E-state index is 0.0336. The van der Waals surface area contributed by atoms with Crippen LogP contribution in [0.15, 0.2) is 60.7 Å². The number of rotatable bonds is 6. The molecule has 0 aliphatic rings. The fourth-order valence-corrected chi connectivity index (χ4v) is 4.30. The van der Waals surface area contributed by atoms with Gasteiger partial charge in [-0.15, -0.1) is 11.6 Å². The van der Waals surface area contributed by atoms with Crippen molar-refractivity contribution in [1.29, 1.82) is 0 Å². The van der Waals surface area contributed by atoms with Gasteiger partial charge in [0.25, 0.3) is 0 Å². The second-order valence-electron chi connectivity index (χ2n) is 8.25. The number of halogens is 1. The maximum absolute atomic E-state index is 6.64. The third kappa shape index (κ3) is 4.85. The molecular formula is C22H29Cl. The fourth-order valence-electron chi connectivity index (χ4n) is 4.00. The molecular weight excluding hydrogens is 300 g/mol. The Kier molecular flexibility index (Phi) is 5.26. The van der Waals surface area contributed by atoms with Crippen molar-refractivity contribution < 1.29 is 0 Å². The topological polar surface area (TPSA) is 0 Å². The van der Waals surface area contributed by atoms with Gasteiger partial charge < -0.3 is 0 Å². The van der Waals surface area contributed by atoms with Crippen molar-refractivity contribution in [2.45, 2.75) is 63.2 Å². The zero-order chi connectivity index (χ0) is 17.1. The molecule has 0 nitrogen and oxygen atoms in total. The highest BCUT2D eigenvalue weighted by molar-refractivity contribution is 6.23. The highest BCUT2D eigenvalue weighted by Gasteiger charge is 2.38. The molecule has 1 unspecified atom stereocenters. The average Bonchev–Trinajstić information content (AvgIpc) is 2.46. The van der Waals surface area contributed by atoms with E-state index in [-0.39, 0.29) is 15.7 Å². The molecule has 0 radical (unpaired) electrons. The quantitative estimate of drug-likeness (QED) is 0.516. The van der Waals surface area contributed by atoms with Crippen LogP contribution in [0.2, 0.25) is 0 Å². The van der Waals surface area contributed by atoms with E-state index < -0.39 is 0 Å². The molecule has 1 atom stereocenters. The Morgan fingerprint density at radius 2 is 1.09 bits per heavy atom. The van der Waals surface area contributed by atoms with Gasteiger partial charge in [-0.2, -0.15) is 0 Å². The van der Waals surface area contributed by atoms with Gasteiger partial charge in [0.05, 0.1) is 0 Å². The van der Waals surface area contributed by atoms with Crippen molar-refractivity contribution in [3.63, 3.8) is 0 Å². The van der Waals surface area contributed by atoms with E-state index in [0.717, 1.165) is 12.8 Å². The predicted octanol–water partition coefficient (Wildman–Crippen LogP) is 6.72. The van der Waals surface area contributed by atoms with Gasteiger partial charge in [-0.3, -0.25) is 0 Å². The molecule has 0 aliphatic carbocycles. The van der Waals surface area contributed by atoms with Crippen LogP contribution in [0.25, 0.3) is 0 Å². The van der Waals surface area contributed by atoms with Crippen LogP contribution in [0.4, 0.5) is 0 Å². The van der Waals surface area contributed by atoms with Gasteiger partial charge in [0, 0.05) is 4.87 Å². The van der Waals surface area contributed by atoms with Gasteiger partial charge in [0.2, 0.25) is 0 Å². The van der Waals surface area contributed by atoms with Gasteiger partial charge in [-0.25, -0.2) is 0 Å². The zero-order valence-corrected chi connectivity index (χ0v) is 15.8. The zero-order valence-electron chi connectivity index (χ0n) is 15.1. The normalized spacial score (nSPS) is 15.2. The Labute approximate surface area is 146 Å². The minimum atomic E-state index is -0.225. The lowest BCUT2D eigenvalue weighted by atomic mass is 9.64. The lowest BCUT2D eigenvalue weighted by molar-refractivity contribution is 0.286. The number of hydrogen-bond acceptors (Lipinski definition) is 0. The smallest absolute Gasteiger partial charge is 0.0399 e. The summed E-state index contributed by atoms with van der Waals surface area (Å²) in [5.74, 6) is 0. The third-order valence-electron chi connectivity index (χ3n) is 4.67. The molecule has 0 saturated carbocycles. The molecule has 0 saturated heterocycles. The fraction of sp³-hybridized carbons (Fsp3) is 0.455. The molecule has 0 fully saturated rings. The minimum Gasteiger partial charge on any atom is -0.120 e. The summed E-state index contributed by atoms with van der Waals surface area (Å²) in [4.78, 5) is -0.225. The highest BCUT2D eigenvalue weighted by Crippen LogP contribution is 2.44. The summed E-state index contributed by atoms with van der Waals surface area (Å²) in [6.45, 7) is 11.3. The Bertz CT molecular complexity index is 607. The van der Waals surface area contributed by atoms with Crippen LogP contribution in [0.1, 0.15) is 58.6 Å². The maximum Gasteiger partial charge on any atom is 0.0399 e. The van der Waals surface area contributed by atoms with Crippen molar-refractivity contribution in [1.82, 2.24) is 0 Å². The van der Waals surface area contributed by atoms with Crippen molar-refractivity contribution in [3.05, 3.63) is 71.8 Å². The van der Waals surface area contributed by atoms with E-state index in [1.54, 1.807) is 0 Å². The molecule has 0 aromatic heterocycles. The van der Waals surface area contributed by atoms with Crippen molar-refractivity contribution in [3.8, 4) is 0 Å². The lowest BCUT2D eigenvalue weighted by Gasteiger charge is -2.41. The monoisotopic (exact) mass is 328 g/mol. The van der Waals surface area contributed by atoms with E-state index in [4.69, 9.17) is 11.6 Å². The molecule has 0 N–H and O–H groups in total. The Hall–Kier alpha value is -1.27. The van der Waals surface area contributed by atoms with Gasteiger partial charge >= 0.3 is 0 Å². The highest BCUT2D eigenvalue weighted by atomic mass is 35.5. The molecule has 0 spiro atoms. The molecule has 2 aromatic carbocycles. The van der Waals surface area contributed by atoms with Crippen molar-refractivity contribution in [2.24, 2.45) is 0 Å². The SMILES string of the molecule is CC(C)(Cl)CC(C)(CC(C)(C)c1ccccc1)c1ccccc1. The molecule has 0 aliphatic heterocycles. The summed E-state index contributed by atoms with van der Waals surface area (Å²) in [5, 5.41) is 0. The summed E-state index contributed by atoms with van der Waals surface area (Å²) >= 11 is 6.64. The first-order chi connectivity index (χ1) is 10.6. The van der Waals surface area contributed by atoms with Gasteiger partial charge in [-0.1, -0.05) is 81.4 Å². The van der Waals surface area contributed by atoms with Crippen LogP contribution in [0.5, 0.6) is 0 Å². The Morgan fingerprint density at radius 1 is 0.652 bits per heavy atom. The van der Waals surface area contributed by atoms with Gasteiger partial charge in [0.15, 0.2) is 0 Å². The first-order valence-electron chi connectivity index (χ1n) is 8.42. The first-order valence-corrected chi connectivity index (χ1v) is 8.80. The van der Waals surface area contributed by atoms with Crippen LogP contribution in [0.3, 0.4) is 0 Å². The summed E-state index contributed by atoms with van der Waals surface area (Å²) in [5.41, 5.74) is 2.88. The van der Waals surface area contributed by atoms with Crippen LogP contribution >= 0.6 is 11.6 Å². The molecule has 2 aromatic rings. The Balaban J connectivity index is 2.39. The van der Waals surface area contributed by atoms with E-state index in [2.05, 4.69) is 95.3 Å². The average molecular weight is 329 g/mol. The molecule has 1 heteroatoms. The Morgan fingerprint density at radius 3 is 1.52 bits per heavy atom. The van der Waals surface area contributed by atoms with Crippen molar-refractivity contribution >= 4 is 11.6 Å². The van der Waals surface area contributed by atoms with E-state index in [9.17, 15) is 0 Å². The predicted molar refractivity (Wildman–Crippen MR) is 102 cm³/mol. The van der Waals surface area contributed by atoms with E-state index >= 15 is 0 Å². The first kappa shape index (κ1) is 18.1. The molecule has 0 heterocycles. The number of hydrogen-bond donors (Lipinski definition) is 0. The standard InChI is InChI=1S/C22H29Cl/c1-20(2,18-12-8-6-9-13-18)16-22(5,17-21(3,4)23)19-14-10-7-11-15-19/h6-15H,16-17H2,1-5H3. The van der Waals surface area contributed by atoms with Crippen molar-refractivity contribution in [2.75, 3.05) is 0 Å². The molecule has 124 valence electrons. The van der Waals surface area contributed by atoms with E-state index in [0.29, 0.717) is 0 Å². The molecule has 0 bridgehead atoms. The molecule has 23 heavy (non-hydrogen) atoms. The summed E-state index contributed by atoms with van der Waals surface area (Å²) in [6, 6.07) is 21.6. The molecule has 0 amide bonds. The summed E-state index contributed by atoms with van der Waals surface area (Å²) in [6.07, 6.45) is 2.01. The lowest BCUT2D eigenvalue weighted by Crippen LogP contribution is -2.36. The summed E-state index contributed by atoms with van der Waals surface area (Å²) < 4.78 is 0. The largest absolute Gasteiger partial charge is 0.120 e. The van der Waals surface area contributed by atoms with Crippen LogP contribution < -0.4 is 0 Å². The van der Waals surface area contributed by atoms with E-state index in [1.165, 1.54) is 11.1 Å². The van der Waals surface area contributed by atoms with Gasteiger partial charge in [-0.05, 0) is 48.6 Å². The summed E-state index contributed by atoms with van der Waals surface area (Å²) in [7, 11) is 0. The van der Waals surface area contributed by atoms with Crippen LogP contribution in [-0.4, -0.2) is 4.87 Å².